The number of rotatable bonds is 7. The Morgan fingerprint density at radius 2 is 1.93 bits per heavy atom. The molecule has 3 heterocycles. The highest BCUT2D eigenvalue weighted by Gasteiger charge is 2.33. The lowest BCUT2D eigenvalue weighted by Gasteiger charge is -2.25. The quantitative estimate of drug-likeness (QED) is 0.208. The minimum absolute atomic E-state index is 0.211. The van der Waals surface area contributed by atoms with Crippen LogP contribution in [0.25, 0.3) is 6.08 Å². The minimum Gasteiger partial charge on any atom is -0.488 e. The van der Waals surface area contributed by atoms with Crippen molar-refractivity contribution >= 4 is 46.0 Å². The molecule has 41 heavy (non-hydrogen) atoms. The fourth-order valence-electron chi connectivity index (χ4n) is 4.88. The fourth-order valence-corrected chi connectivity index (χ4v) is 6.60. The van der Waals surface area contributed by atoms with E-state index >= 15 is 0 Å². The summed E-state index contributed by atoms with van der Waals surface area (Å²) in [5.41, 5.74) is 3.45. The van der Waals surface area contributed by atoms with E-state index in [1.807, 2.05) is 79.7 Å². The maximum atomic E-state index is 13.8. The third-order valence-corrected chi connectivity index (χ3v) is 8.68. The predicted octanol–water partition coefficient (Wildman–Crippen LogP) is 4.71. The van der Waals surface area contributed by atoms with Crippen molar-refractivity contribution < 1.29 is 23.7 Å². The van der Waals surface area contributed by atoms with Gasteiger partial charge in [-0.2, -0.15) is 0 Å². The summed E-state index contributed by atoms with van der Waals surface area (Å²) in [5.74, 6) is 1.71. The molecule has 3 aromatic carbocycles. The summed E-state index contributed by atoms with van der Waals surface area (Å²) in [4.78, 5) is 32.0. The van der Waals surface area contributed by atoms with E-state index in [0.29, 0.717) is 33.6 Å². The summed E-state index contributed by atoms with van der Waals surface area (Å²) >= 11 is 3.54. The number of ether oxygens (including phenoxy) is 4. The maximum Gasteiger partial charge on any atom is 0.338 e. The molecule has 0 amide bonds. The zero-order chi connectivity index (χ0) is 28.5. The number of carbonyl (C=O) groups is 1. The second-order valence-corrected chi connectivity index (χ2v) is 11.5. The monoisotopic (exact) mass is 680 g/mol. The molecule has 2 aliphatic heterocycles. The van der Waals surface area contributed by atoms with Crippen LogP contribution >= 0.6 is 33.9 Å². The number of methoxy groups -OCH3 is 1. The summed E-state index contributed by atoms with van der Waals surface area (Å²) in [6, 6.07) is 20.4. The molecular formula is C31H25IN2O6S. The SMILES string of the molecule is CCC1=C(C(=O)OC)[C@H](c2ccccc2)n2c(s/c(=C\c3ccc(OCc4ccc5c(c4)OCO5)c(I)c3)c2=O)=N1. The van der Waals surface area contributed by atoms with E-state index in [2.05, 4.69) is 22.6 Å². The van der Waals surface area contributed by atoms with Gasteiger partial charge in [0.15, 0.2) is 16.3 Å². The van der Waals surface area contributed by atoms with Gasteiger partial charge in [-0.25, -0.2) is 9.79 Å². The molecule has 0 saturated carbocycles. The van der Waals surface area contributed by atoms with Gasteiger partial charge in [-0.15, -0.1) is 0 Å². The Labute approximate surface area is 253 Å². The molecule has 2 aliphatic rings. The van der Waals surface area contributed by atoms with E-state index in [1.54, 1.807) is 4.57 Å². The molecule has 6 rings (SSSR count). The van der Waals surface area contributed by atoms with Crippen LogP contribution in [0, 0.1) is 3.57 Å². The van der Waals surface area contributed by atoms with Gasteiger partial charge in [0.1, 0.15) is 12.4 Å². The topological polar surface area (TPSA) is 88.4 Å². The highest BCUT2D eigenvalue weighted by atomic mass is 127. The average molecular weight is 681 g/mol. The second-order valence-electron chi connectivity index (χ2n) is 9.37. The number of esters is 1. The van der Waals surface area contributed by atoms with Crippen LogP contribution in [-0.4, -0.2) is 24.4 Å². The first-order valence-electron chi connectivity index (χ1n) is 13.0. The predicted molar refractivity (Wildman–Crippen MR) is 163 cm³/mol. The van der Waals surface area contributed by atoms with Crippen LogP contribution in [0.4, 0.5) is 0 Å². The summed E-state index contributed by atoms with van der Waals surface area (Å²) in [7, 11) is 1.35. The Hall–Kier alpha value is -3.90. The first-order valence-corrected chi connectivity index (χ1v) is 14.8. The van der Waals surface area contributed by atoms with Crippen LogP contribution in [0.2, 0.25) is 0 Å². The van der Waals surface area contributed by atoms with Crippen LogP contribution in [0.15, 0.2) is 87.8 Å². The second kappa shape index (κ2) is 11.5. The van der Waals surface area contributed by atoms with Crippen molar-refractivity contribution in [3.8, 4) is 17.2 Å². The number of hydrogen-bond acceptors (Lipinski definition) is 8. The van der Waals surface area contributed by atoms with Gasteiger partial charge < -0.3 is 18.9 Å². The van der Waals surface area contributed by atoms with E-state index in [9.17, 15) is 9.59 Å². The molecule has 0 N–H and O–H groups in total. The van der Waals surface area contributed by atoms with Crippen molar-refractivity contribution in [3.05, 3.63) is 118 Å². The lowest BCUT2D eigenvalue weighted by molar-refractivity contribution is -0.136. The number of fused-ring (bicyclic) bond motifs is 2. The van der Waals surface area contributed by atoms with Gasteiger partial charge in [0.2, 0.25) is 6.79 Å². The van der Waals surface area contributed by atoms with Crippen molar-refractivity contribution in [1.82, 2.24) is 4.57 Å². The van der Waals surface area contributed by atoms with E-state index in [4.69, 9.17) is 23.9 Å². The smallest absolute Gasteiger partial charge is 0.338 e. The number of hydrogen-bond donors (Lipinski definition) is 0. The Kier molecular flexibility index (Phi) is 7.67. The van der Waals surface area contributed by atoms with Crippen molar-refractivity contribution in [2.24, 2.45) is 4.99 Å². The van der Waals surface area contributed by atoms with Gasteiger partial charge in [0, 0.05) is 0 Å². The molecule has 1 aromatic heterocycles. The molecule has 0 aliphatic carbocycles. The van der Waals surface area contributed by atoms with Crippen LogP contribution in [0.3, 0.4) is 0 Å². The highest BCUT2D eigenvalue weighted by molar-refractivity contribution is 14.1. The van der Waals surface area contributed by atoms with E-state index in [1.165, 1.54) is 18.4 Å². The summed E-state index contributed by atoms with van der Waals surface area (Å²) in [6.45, 7) is 2.55. The van der Waals surface area contributed by atoms with E-state index < -0.39 is 12.0 Å². The average Bonchev–Trinajstić information content (AvgIpc) is 3.59. The molecule has 0 spiro atoms. The van der Waals surface area contributed by atoms with Gasteiger partial charge in [-0.1, -0.05) is 60.7 Å². The molecule has 0 unspecified atom stereocenters. The third kappa shape index (κ3) is 5.29. The minimum atomic E-state index is -0.621. The largest absolute Gasteiger partial charge is 0.488 e. The zero-order valence-corrected chi connectivity index (χ0v) is 25.2. The lowest BCUT2D eigenvalue weighted by atomic mass is 9.95. The van der Waals surface area contributed by atoms with Crippen molar-refractivity contribution in [3.63, 3.8) is 0 Å². The highest BCUT2D eigenvalue weighted by Crippen LogP contribution is 2.34. The molecule has 208 valence electrons. The maximum absolute atomic E-state index is 13.8. The molecule has 10 heteroatoms. The van der Waals surface area contributed by atoms with E-state index in [-0.39, 0.29) is 12.4 Å². The molecule has 8 nitrogen and oxygen atoms in total. The number of benzene rings is 3. The van der Waals surface area contributed by atoms with Gasteiger partial charge in [0.05, 0.1) is 32.5 Å². The number of halogens is 1. The first-order chi connectivity index (χ1) is 20.0. The van der Waals surface area contributed by atoms with Crippen LogP contribution in [0.1, 0.15) is 36.1 Å². The van der Waals surface area contributed by atoms with Gasteiger partial charge in [-0.3, -0.25) is 9.36 Å². The molecule has 0 saturated heterocycles. The van der Waals surface area contributed by atoms with Crippen LogP contribution in [-0.2, 0) is 16.1 Å². The van der Waals surface area contributed by atoms with Crippen molar-refractivity contribution in [1.29, 1.82) is 0 Å². The molecule has 0 fully saturated rings. The summed E-state index contributed by atoms with van der Waals surface area (Å²) in [6.07, 6.45) is 2.38. The summed E-state index contributed by atoms with van der Waals surface area (Å²) < 4.78 is 25.0. The van der Waals surface area contributed by atoms with Crippen molar-refractivity contribution in [2.75, 3.05) is 13.9 Å². The fraction of sp³-hybridized carbons (Fsp3) is 0.194. The van der Waals surface area contributed by atoms with E-state index in [0.717, 1.165) is 37.5 Å². The van der Waals surface area contributed by atoms with Crippen LogP contribution < -0.4 is 29.1 Å². The molecular weight excluding hydrogens is 655 g/mol. The first kappa shape index (κ1) is 27.3. The third-order valence-electron chi connectivity index (χ3n) is 6.85. The van der Waals surface area contributed by atoms with Gasteiger partial charge in [0.25, 0.3) is 5.56 Å². The number of carbonyl (C=O) groups excluding carboxylic acids is 1. The Bertz CT molecular complexity index is 1860. The molecule has 0 radical (unpaired) electrons. The van der Waals surface area contributed by atoms with Crippen LogP contribution in [0.5, 0.6) is 17.2 Å². The zero-order valence-electron chi connectivity index (χ0n) is 22.3. The Morgan fingerprint density at radius 3 is 2.68 bits per heavy atom. The number of allylic oxidation sites excluding steroid dienone is 1. The Morgan fingerprint density at radius 1 is 1.12 bits per heavy atom. The molecule has 0 bridgehead atoms. The van der Waals surface area contributed by atoms with Crippen molar-refractivity contribution in [2.45, 2.75) is 26.0 Å². The molecule has 4 aromatic rings. The van der Waals surface area contributed by atoms with Gasteiger partial charge in [-0.05, 0) is 76.0 Å². The Balaban J connectivity index is 1.33. The number of nitrogens with zero attached hydrogens (tertiary/aromatic N) is 2. The molecule has 1 atom stereocenters. The number of thiazole rings is 1. The lowest BCUT2D eigenvalue weighted by Crippen LogP contribution is -2.40. The number of aromatic nitrogens is 1. The summed E-state index contributed by atoms with van der Waals surface area (Å²) in [5, 5.41) is 0. The van der Waals surface area contributed by atoms with Gasteiger partial charge >= 0.3 is 5.97 Å². The standard InChI is InChI=1S/C31H25IN2O6S/c1-3-22-27(30(36)37-2)28(20-7-5-4-6-8-20)34-29(35)26(41-31(34)33-22)15-18-9-11-23(21(32)13-18)38-16-19-10-12-24-25(14-19)40-17-39-24/h4-15,28H,3,16-17H2,1-2H3/b26-15-/t28-/m0/s1. The normalized spacial score (nSPS) is 15.9.